The fraction of sp³-hybridized carbons (Fsp3) is 0.926. The third kappa shape index (κ3) is 3.28. The Kier molecular flexibility index (Phi) is 5.62. The Hall–Kier alpha value is -0.203. The molecule has 1 aliphatic heterocycles. The molecule has 4 fully saturated rings. The largest absolute Gasteiger partial charge is 0.417 e. The SMILES string of the molecule is C[SiH](C)OC1CC(O)CC2=CC3(OCCO3)[C@H]3[C@@H]4CC[C@H](C(C)(C)C)[C@@]4(C)CC[C@@H]3[C@]21C. The van der Waals surface area contributed by atoms with Crippen LogP contribution in [-0.2, 0) is 13.9 Å². The highest BCUT2D eigenvalue weighted by atomic mass is 28.3. The van der Waals surface area contributed by atoms with Crippen LogP contribution in [-0.4, -0.2) is 45.4 Å². The molecule has 0 aromatic heterocycles. The maximum atomic E-state index is 10.8. The van der Waals surface area contributed by atoms with Gasteiger partial charge in [-0.3, -0.25) is 0 Å². The van der Waals surface area contributed by atoms with E-state index in [9.17, 15) is 5.11 Å². The van der Waals surface area contributed by atoms with Crippen molar-refractivity contribution in [1.82, 2.24) is 0 Å². The van der Waals surface area contributed by atoms with Crippen molar-refractivity contribution in [2.45, 2.75) is 104 Å². The second-order valence-electron chi connectivity index (χ2n) is 13.4. The lowest BCUT2D eigenvalue weighted by Crippen LogP contribution is -2.63. The molecule has 4 nitrogen and oxygen atoms in total. The van der Waals surface area contributed by atoms with E-state index in [1.807, 2.05) is 0 Å². The van der Waals surface area contributed by atoms with E-state index in [-0.39, 0.29) is 17.6 Å². The zero-order valence-electron chi connectivity index (χ0n) is 21.4. The minimum absolute atomic E-state index is 0.0249. The molecule has 3 saturated carbocycles. The molecule has 182 valence electrons. The number of rotatable bonds is 2. The molecule has 0 radical (unpaired) electrons. The summed E-state index contributed by atoms with van der Waals surface area (Å²) < 4.78 is 19.8. The smallest absolute Gasteiger partial charge is 0.191 e. The Balaban J connectivity index is 1.62. The summed E-state index contributed by atoms with van der Waals surface area (Å²) in [6.45, 7) is 18.3. The average Bonchev–Trinajstić information content (AvgIpc) is 3.27. The van der Waals surface area contributed by atoms with Crippen molar-refractivity contribution in [3.05, 3.63) is 11.6 Å². The standard InChI is InChI=1S/C27H46O4Si/c1-24(2,3)21-9-8-19-23-20(10-11-25(19,21)4)26(5)17(16-27(23)29-12-13-30-27)14-18(28)15-22(26)31-32(6)7/h16,18-23,28,32H,8-15H2,1-7H3/t18?,19-,20-,21+,22?,23-,25-,26-/m0/s1. The zero-order chi connectivity index (χ0) is 23.1. The predicted molar refractivity (Wildman–Crippen MR) is 130 cm³/mol. The molecule has 2 unspecified atom stereocenters. The molecule has 8 atom stereocenters. The van der Waals surface area contributed by atoms with Crippen LogP contribution in [0.2, 0.25) is 13.1 Å². The molecule has 5 heteroatoms. The lowest BCUT2D eigenvalue weighted by molar-refractivity contribution is -0.241. The molecule has 1 saturated heterocycles. The van der Waals surface area contributed by atoms with Crippen LogP contribution in [0, 0.1) is 39.9 Å². The van der Waals surface area contributed by atoms with E-state index in [1.54, 1.807) is 0 Å². The molecule has 32 heavy (non-hydrogen) atoms. The first kappa shape index (κ1) is 23.5. The van der Waals surface area contributed by atoms with Crippen molar-refractivity contribution < 1.29 is 19.0 Å². The van der Waals surface area contributed by atoms with Gasteiger partial charge in [0.05, 0.1) is 25.4 Å². The van der Waals surface area contributed by atoms with E-state index in [2.05, 4.69) is 53.8 Å². The number of aliphatic hydroxyl groups excluding tert-OH is 1. The van der Waals surface area contributed by atoms with Crippen molar-refractivity contribution in [2.24, 2.45) is 39.9 Å². The minimum Gasteiger partial charge on any atom is -0.417 e. The fourth-order valence-corrected chi connectivity index (χ4v) is 10.4. The molecular weight excluding hydrogens is 416 g/mol. The molecule has 5 aliphatic rings. The topological polar surface area (TPSA) is 47.9 Å². The monoisotopic (exact) mass is 462 g/mol. The van der Waals surface area contributed by atoms with E-state index in [0.717, 1.165) is 18.8 Å². The molecule has 1 N–H and O–H groups in total. The van der Waals surface area contributed by atoms with E-state index in [4.69, 9.17) is 13.9 Å². The Labute approximate surface area is 197 Å². The van der Waals surface area contributed by atoms with Gasteiger partial charge in [0.25, 0.3) is 0 Å². The lowest BCUT2D eigenvalue weighted by atomic mass is 9.44. The highest BCUT2D eigenvalue weighted by molar-refractivity contribution is 6.48. The first-order chi connectivity index (χ1) is 14.9. The van der Waals surface area contributed by atoms with Gasteiger partial charge in [0.1, 0.15) is 0 Å². The van der Waals surface area contributed by atoms with Crippen molar-refractivity contribution in [3.8, 4) is 0 Å². The lowest BCUT2D eigenvalue weighted by Gasteiger charge is -2.63. The quantitative estimate of drug-likeness (QED) is 0.447. The van der Waals surface area contributed by atoms with Crippen LogP contribution < -0.4 is 0 Å². The van der Waals surface area contributed by atoms with Gasteiger partial charge in [-0.2, -0.15) is 0 Å². The summed E-state index contributed by atoms with van der Waals surface area (Å²) in [5.74, 6) is 1.61. The zero-order valence-corrected chi connectivity index (χ0v) is 22.6. The van der Waals surface area contributed by atoms with Gasteiger partial charge in [-0.25, -0.2) is 0 Å². The number of hydrogen-bond donors (Lipinski definition) is 1. The second-order valence-corrected chi connectivity index (χ2v) is 15.8. The molecular formula is C27H46O4Si. The van der Waals surface area contributed by atoms with Crippen LogP contribution in [0.1, 0.15) is 73.1 Å². The summed E-state index contributed by atoms with van der Waals surface area (Å²) in [5.41, 5.74) is 1.97. The number of hydrogen-bond acceptors (Lipinski definition) is 4. The molecule has 4 aliphatic carbocycles. The third-order valence-corrected chi connectivity index (χ3v) is 11.3. The Morgan fingerprint density at radius 3 is 2.38 bits per heavy atom. The van der Waals surface area contributed by atoms with Crippen molar-refractivity contribution in [1.29, 1.82) is 0 Å². The van der Waals surface area contributed by atoms with Gasteiger partial charge in [0, 0.05) is 11.3 Å². The van der Waals surface area contributed by atoms with Gasteiger partial charge in [0.2, 0.25) is 0 Å². The van der Waals surface area contributed by atoms with Gasteiger partial charge in [0.15, 0.2) is 14.8 Å². The minimum atomic E-state index is -1.24. The van der Waals surface area contributed by atoms with Crippen molar-refractivity contribution in [2.75, 3.05) is 13.2 Å². The van der Waals surface area contributed by atoms with Crippen LogP contribution in [0.5, 0.6) is 0 Å². The van der Waals surface area contributed by atoms with Crippen LogP contribution in [0.4, 0.5) is 0 Å². The van der Waals surface area contributed by atoms with Crippen LogP contribution in [0.15, 0.2) is 11.6 Å². The van der Waals surface area contributed by atoms with Crippen LogP contribution in [0.3, 0.4) is 0 Å². The number of aliphatic hydroxyl groups is 1. The summed E-state index contributed by atoms with van der Waals surface area (Å²) in [4.78, 5) is 0. The van der Waals surface area contributed by atoms with Crippen molar-refractivity contribution in [3.63, 3.8) is 0 Å². The van der Waals surface area contributed by atoms with Crippen LogP contribution in [0.25, 0.3) is 0 Å². The molecule has 5 rings (SSSR count). The summed E-state index contributed by atoms with van der Waals surface area (Å²) in [7, 11) is -1.24. The van der Waals surface area contributed by atoms with E-state index in [0.29, 0.717) is 41.8 Å². The molecule has 0 aromatic carbocycles. The molecule has 1 spiro atoms. The van der Waals surface area contributed by atoms with Gasteiger partial charge in [-0.1, -0.05) is 40.2 Å². The second kappa shape index (κ2) is 7.65. The highest BCUT2D eigenvalue weighted by Gasteiger charge is 2.68. The van der Waals surface area contributed by atoms with Gasteiger partial charge in [-0.05, 0) is 86.3 Å². The summed E-state index contributed by atoms with van der Waals surface area (Å²) in [6.07, 6.45) is 8.72. The fourth-order valence-electron chi connectivity index (χ4n) is 9.33. The van der Waals surface area contributed by atoms with Crippen molar-refractivity contribution >= 4 is 9.04 Å². The van der Waals surface area contributed by atoms with Gasteiger partial charge >= 0.3 is 0 Å². The first-order valence-electron chi connectivity index (χ1n) is 13.3. The molecule has 0 bridgehead atoms. The average molecular weight is 463 g/mol. The van der Waals surface area contributed by atoms with Crippen LogP contribution >= 0.6 is 0 Å². The predicted octanol–water partition coefficient (Wildman–Crippen LogP) is 5.30. The van der Waals surface area contributed by atoms with E-state index < -0.39 is 14.8 Å². The first-order valence-corrected chi connectivity index (χ1v) is 16.0. The Bertz CT molecular complexity index is 764. The molecule has 1 heterocycles. The Morgan fingerprint density at radius 2 is 1.75 bits per heavy atom. The normalized spacial score (nSPS) is 47.8. The molecule has 0 aromatic rings. The van der Waals surface area contributed by atoms with E-state index in [1.165, 1.54) is 31.3 Å². The Morgan fingerprint density at radius 1 is 1.06 bits per heavy atom. The number of fused-ring (bicyclic) bond motifs is 6. The summed E-state index contributed by atoms with van der Waals surface area (Å²) in [5, 5.41) is 10.8. The summed E-state index contributed by atoms with van der Waals surface area (Å²) in [6, 6.07) is 0. The maximum absolute atomic E-state index is 10.8. The highest BCUT2D eigenvalue weighted by Crippen LogP contribution is 2.70. The molecule has 0 amide bonds. The third-order valence-electron chi connectivity index (χ3n) is 10.4. The summed E-state index contributed by atoms with van der Waals surface area (Å²) >= 11 is 0. The van der Waals surface area contributed by atoms with E-state index >= 15 is 0 Å². The number of ether oxygens (including phenoxy) is 2. The maximum Gasteiger partial charge on any atom is 0.191 e. The van der Waals surface area contributed by atoms with Gasteiger partial charge < -0.3 is 19.0 Å². The van der Waals surface area contributed by atoms with Gasteiger partial charge in [-0.15, -0.1) is 0 Å².